The zero-order chi connectivity index (χ0) is 10.2. The molecule has 1 saturated heterocycles. The molecule has 78 valence electrons. The fourth-order valence-corrected chi connectivity index (χ4v) is 1.60. The molecule has 0 aromatic heterocycles. The molecule has 0 radical (unpaired) electrons. The zero-order valence-electron chi connectivity index (χ0n) is 8.64. The smallest absolute Gasteiger partial charge is 0.384 e. The summed E-state index contributed by atoms with van der Waals surface area (Å²) in [6.07, 6.45) is 5.63. The second-order valence-corrected chi connectivity index (χ2v) is 3.48. The summed E-state index contributed by atoms with van der Waals surface area (Å²) in [4.78, 5) is 10.7. The van der Waals surface area contributed by atoms with Crippen LogP contribution in [0.2, 0.25) is 0 Å². The normalized spacial score (nSPS) is 20.8. The van der Waals surface area contributed by atoms with Crippen molar-refractivity contribution in [3.05, 3.63) is 0 Å². The lowest BCUT2D eigenvalue weighted by Gasteiger charge is -2.22. The molecule has 0 saturated carbocycles. The van der Waals surface area contributed by atoms with E-state index in [-0.39, 0.29) is 0 Å². The van der Waals surface area contributed by atoms with Crippen molar-refractivity contribution >= 4 is 5.97 Å². The van der Waals surface area contributed by atoms with Gasteiger partial charge in [-0.1, -0.05) is 12.3 Å². The van der Waals surface area contributed by atoms with Gasteiger partial charge in [0.05, 0.1) is 7.11 Å². The molecular weight excluding hydrogens is 178 g/mol. The molecule has 1 atom stereocenters. The van der Waals surface area contributed by atoms with Gasteiger partial charge in [-0.15, -0.1) is 0 Å². The second kappa shape index (κ2) is 6.44. The largest absolute Gasteiger partial charge is 0.459 e. The van der Waals surface area contributed by atoms with Crippen molar-refractivity contribution in [2.75, 3.05) is 13.7 Å². The summed E-state index contributed by atoms with van der Waals surface area (Å²) >= 11 is 0. The molecule has 3 nitrogen and oxygen atoms in total. The monoisotopic (exact) mass is 195 g/mol. The molecule has 1 aliphatic heterocycles. The number of carbonyl (C=O) groups is 1. The maximum Gasteiger partial charge on any atom is 0.384 e. The molecule has 1 fully saturated rings. The van der Waals surface area contributed by atoms with Crippen molar-refractivity contribution in [3.8, 4) is 11.8 Å². The highest BCUT2D eigenvalue weighted by Gasteiger charge is 2.10. The van der Waals surface area contributed by atoms with Crippen LogP contribution in [-0.2, 0) is 9.53 Å². The van der Waals surface area contributed by atoms with Gasteiger partial charge >= 0.3 is 5.97 Å². The van der Waals surface area contributed by atoms with Gasteiger partial charge in [0.2, 0.25) is 0 Å². The molecule has 0 spiro atoms. The minimum Gasteiger partial charge on any atom is -0.459 e. The van der Waals surface area contributed by atoms with Crippen LogP contribution in [0.4, 0.5) is 0 Å². The van der Waals surface area contributed by atoms with E-state index in [1.165, 1.54) is 26.4 Å². The van der Waals surface area contributed by atoms with Crippen LogP contribution in [-0.4, -0.2) is 25.7 Å². The lowest BCUT2D eigenvalue weighted by atomic mass is 10.0. The van der Waals surface area contributed by atoms with Crippen molar-refractivity contribution in [1.29, 1.82) is 0 Å². The van der Waals surface area contributed by atoms with E-state index in [0.29, 0.717) is 6.04 Å². The predicted octanol–water partition coefficient (Wildman–Crippen LogP) is 1.09. The summed E-state index contributed by atoms with van der Waals surface area (Å²) in [6, 6.07) is 0.593. The van der Waals surface area contributed by atoms with E-state index in [4.69, 9.17) is 0 Å². The number of piperidine rings is 1. The first-order valence-corrected chi connectivity index (χ1v) is 5.13. The molecule has 1 rings (SSSR count). The molecule has 1 unspecified atom stereocenters. The number of rotatable bonds is 2. The van der Waals surface area contributed by atoms with Gasteiger partial charge in [-0.2, -0.15) is 0 Å². The number of hydrogen-bond acceptors (Lipinski definition) is 3. The molecule has 0 amide bonds. The lowest BCUT2D eigenvalue weighted by molar-refractivity contribution is -0.133. The van der Waals surface area contributed by atoms with Crippen molar-refractivity contribution in [1.82, 2.24) is 5.32 Å². The lowest BCUT2D eigenvalue weighted by Crippen LogP contribution is -2.33. The van der Waals surface area contributed by atoms with Gasteiger partial charge in [-0.05, 0) is 25.8 Å². The fraction of sp³-hybridized carbons (Fsp3) is 0.727. The van der Waals surface area contributed by atoms with Gasteiger partial charge in [-0.3, -0.25) is 0 Å². The Morgan fingerprint density at radius 3 is 3.07 bits per heavy atom. The highest BCUT2D eigenvalue weighted by atomic mass is 16.5. The van der Waals surface area contributed by atoms with E-state index >= 15 is 0 Å². The first-order chi connectivity index (χ1) is 6.83. The summed E-state index contributed by atoms with van der Waals surface area (Å²) in [6.45, 7) is 1.12. The van der Waals surface area contributed by atoms with Crippen LogP contribution in [0.5, 0.6) is 0 Å². The van der Waals surface area contributed by atoms with E-state index in [0.717, 1.165) is 19.4 Å². The van der Waals surface area contributed by atoms with Gasteiger partial charge < -0.3 is 10.1 Å². The van der Waals surface area contributed by atoms with Gasteiger partial charge in [0.25, 0.3) is 0 Å². The highest BCUT2D eigenvalue weighted by Crippen LogP contribution is 2.10. The van der Waals surface area contributed by atoms with Crippen molar-refractivity contribution in [2.24, 2.45) is 0 Å². The molecular formula is C11H17NO2. The molecule has 0 aromatic carbocycles. The summed E-state index contributed by atoms with van der Waals surface area (Å²) < 4.78 is 4.41. The quantitative estimate of drug-likeness (QED) is 0.407. The average Bonchev–Trinajstić information content (AvgIpc) is 2.25. The maximum absolute atomic E-state index is 10.7. The van der Waals surface area contributed by atoms with E-state index in [9.17, 15) is 4.79 Å². The summed E-state index contributed by atoms with van der Waals surface area (Å²) in [5.74, 6) is 4.81. The summed E-state index contributed by atoms with van der Waals surface area (Å²) in [5, 5.41) is 3.44. The Morgan fingerprint density at radius 2 is 2.43 bits per heavy atom. The fourth-order valence-electron chi connectivity index (χ4n) is 1.60. The Bertz CT molecular complexity index is 233. The third kappa shape index (κ3) is 4.29. The highest BCUT2D eigenvalue weighted by molar-refractivity contribution is 5.88. The molecule has 0 aromatic rings. The number of methoxy groups -OCH3 is 1. The first kappa shape index (κ1) is 11.1. The Balaban J connectivity index is 2.12. The molecule has 1 aliphatic rings. The number of carbonyl (C=O) groups excluding carboxylic acids is 1. The molecule has 14 heavy (non-hydrogen) atoms. The van der Waals surface area contributed by atoms with Crippen LogP contribution < -0.4 is 5.32 Å². The molecule has 1 N–H and O–H groups in total. The second-order valence-electron chi connectivity index (χ2n) is 3.48. The Hall–Kier alpha value is -1.01. The van der Waals surface area contributed by atoms with Crippen LogP contribution in [0.25, 0.3) is 0 Å². The number of hydrogen-bond donors (Lipinski definition) is 1. The van der Waals surface area contributed by atoms with Gasteiger partial charge in [0.15, 0.2) is 0 Å². The average molecular weight is 195 g/mol. The SMILES string of the molecule is COC(=O)C#CCCC1CCCCN1. The van der Waals surface area contributed by atoms with Crippen LogP contribution in [0, 0.1) is 11.8 Å². The summed E-state index contributed by atoms with van der Waals surface area (Å²) in [7, 11) is 1.35. The molecule has 1 heterocycles. The van der Waals surface area contributed by atoms with E-state index in [1.54, 1.807) is 0 Å². The third-order valence-corrected chi connectivity index (χ3v) is 2.41. The minimum atomic E-state index is -0.443. The van der Waals surface area contributed by atoms with Gasteiger partial charge in [0, 0.05) is 18.4 Å². The Morgan fingerprint density at radius 1 is 1.57 bits per heavy atom. The van der Waals surface area contributed by atoms with Gasteiger partial charge in [-0.25, -0.2) is 4.79 Å². The maximum atomic E-state index is 10.7. The number of esters is 1. The molecule has 0 bridgehead atoms. The predicted molar refractivity (Wildman–Crippen MR) is 54.7 cm³/mol. The summed E-state index contributed by atoms with van der Waals surface area (Å²) in [5.41, 5.74) is 0. The standard InChI is InChI=1S/C11H17NO2/c1-14-11(13)8-3-2-6-10-7-4-5-9-12-10/h10,12H,2,4-7,9H2,1H3. The van der Waals surface area contributed by atoms with E-state index in [2.05, 4.69) is 21.9 Å². The van der Waals surface area contributed by atoms with Crippen LogP contribution >= 0.6 is 0 Å². The molecule has 0 aliphatic carbocycles. The van der Waals surface area contributed by atoms with Gasteiger partial charge in [0.1, 0.15) is 0 Å². The molecule has 3 heteroatoms. The van der Waals surface area contributed by atoms with Crippen LogP contribution in [0.1, 0.15) is 32.1 Å². The minimum absolute atomic E-state index is 0.443. The van der Waals surface area contributed by atoms with Crippen molar-refractivity contribution in [2.45, 2.75) is 38.1 Å². The third-order valence-electron chi connectivity index (χ3n) is 2.41. The van der Waals surface area contributed by atoms with Crippen LogP contribution in [0.3, 0.4) is 0 Å². The van der Waals surface area contributed by atoms with E-state index < -0.39 is 5.97 Å². The Kier molecular flexibility index (Phi) is 5.09. The zero-order valence-corrected chi connectivity index (χ0v) is 8.64. The number of ether oxygens (including phenoxy) is 1. The van der Waals surface area contributed by atoms with E-state index in [1.807, 2.05) is 0 Å². The van der Waals surface area contributed by atoms with Crippen molar-refractivity contribution in [3.63, 3.8) is 0 Å². The van der Waals surface area contributed by atoms with Crippen molar-refractivity contribution < 1.29 is 9.53 Å². The van der Waals surface area contributed by atoms with Crippen LogP contribution in [0.15, 0.2) is 0 Å². The number of nitrogens with one attached hydrogen (secondary N) is 1. The first-order valence-electron chi connectivity index (χ1n) is 5.13. The topological polar surface area (TPSA) is 38.3 Å². The Labute approximate surface area is 85.2 Å².